The van der Waals surface area contributed by atoms with Gasteiger partial charge in [-0.1, -0.05) is 44.2 Å². The Balaban J connectivity index is 1.95. The highest BCUT2D eigenvalue weighted by molar-refractivity contribution is 7.80. The lowest BCUT2D eigenvalue weighted by molar-refractivity contribution is 0.333. The smallest absolute Gasteiger partial charge is 0.169 e. The van der Waals surface area contributed by atoms with Crippen LogP contribution in [0.2, 0.25) is 0 Å². The highest BCUT2D eigenvalue weighted by atomic mass is 32.1. The van der Waals surface area contributed by atoms with Gasteiger partial charge in [-0.15, -0.1) is 0 Å². The van der Waals surface area contributed by atoms with E-state index in [0.717, 1.165) is 36.7 Å². The first-order chi connectivity index (χ1) is 12.5. The van der Waals surface area contributed by atoms with E-state index >= 15 is 0 Å². The lowest BCUT2D eigenvalue weighted by Gasteiger charge is -2.30. The Morgan fingerprint density at radius 3 is 2.27 bits per heavy atom. The summed E-state index contributed by atoms with van der Waals surface area (Å²) < 4.78 is 13.2. The van der Waals surface area contributed by atoms with Crippen molar-refractivity contribution >= 4 is 17.3 Å². The van der Waals surface area contributed by atoms with Crippen LogP contribution in [0, 0.1) is 5.82 Å². The van der Waals surface area contributed by atoms with Crippen molar-refractivity contribution < 1.29 is 4.39 Å². The summed E-state index contributed by atoms with van der Waals surface area (Å²) in [7, 11) is 4.19. The molecule has 1 N–H and O–H groups in total. The molecule has 0 heterocycles. The maximum Gasteiger partial charge on any atom is 0.169 e. The summed E-state index contributed by atoms with van der Waals surface area (Å²) in [6.07, 6.45) is 10.1. The molecule has 0 unspecified atom stereocenters. The summed E-state index contributed by atoms with van der Waals surface area (Å²) in [6.45, 7) is 2.67. The highest BCUT2D eigenvalue weighted by Gasteiger charge is 2.16. The average Bonchev–Trinajstić information content (AvgIpc) is 2.57. The van der Waals surface area contributed by atoms with Crippen LogP contribution in [0.4, 0.5) is 4.39 Å². The number of benzene rings is 1. The summed E-state index contributed by atoms with van der Waals surface area (Å²) in [5, 5.41) is 4.47. The zero-order valence-electron chi connectivity index (χ0n) is 16.3. The third-order valence-electron chi connectivity index (χ3n) is 5.04. The molecule has 5 heteroatoms. The molecule has 1 aromatic carbocycles. The van der Waals surface area contributed by atoms with E-state index in [1.165, 1.54) is 57.1 Å². The van der Waals surface area contributed by atoms with Crippen molar-refractivity contribution in [3.8, 4) is 0 Å². The third-order valence-corrected chi connectivity index (χ3v) is 5.42. The first-order valence-electron chi connectivity index (χ1n) is 9.99. The van der Waals surface area contributed by atoms with Crippen molar-refractivity contribution in [2.24, 2.45) is 0 Å². The summed E-state index contributed by atoms with van der Waals surface area (Å²) in [5.41, 5.74) is 1.10. The molecule has 0 atom stereocenters. The highest BCUT2D eigenvalue weighted by Crippen LogP contribution is 2.18. The number of thiocarbonyl (C=S) groups is 1. The minimum absolute atomic E-state index is 0.192. The zero-order valence-corrected chi connectivity index (χ0v) is 17.2. The quantitative estimate of drug-likeness (QED) is 0.699. The van der Waals surface area contributed by atoms with Crippen LogP contribution in [-0.2, 0) is 6.54 Å². The lowest BCUT2D eigenvalue weighted by Crippen LogP contribution is -2.45. The molecule has 1 aliphatic carbocycles. The Bertz CT molecular complexity index is 525. The molecular formula is C21H34FN3S. The van der Waals surface area contributed by atoms with Gasteiger partial charge in [0.2, 0.25) is 0 Å². The first-order valence-corrected chi connectivity index (χ1v) is 10.4. The standard InChI is InChI=1S/C21H34FN3S/c1-24(2)15-8-16-25(17-18-11-13-19(22)14-12-18)21(26)23-20-9-6-4-3-5-7-10-20/h11-14,20H,3-10,15-17H2,1-2H3,(H,23,26). The van der Waals surface area contributed by atoms with Crippen molar-refractivity contribution in [1.82, 2.24) is 15.1 Å². The van der Waals surface area contributed by atoms with Gasteiger partial charge in [0.1, 0.15) is 5.82 Å². The normalized spacial score (nSPS) is 16.2. The Kier molecular flexibility index (Phi) is 9.33. The largest absolute Gasteiger partial charge is 0.360 e. The van der Waals surface area contributed by atoms with Crippen LogP contribution in [0.1, 0.15) is 56.9 Å². The van der Waals surface area contributed by atoms with Gasteiger partial charge >= 0.3 is 0 Å². The molecule has 1 fully saturated rings. The third kappa shape index (κ3) is 8.00. The number of nitrogens with zero attached hydrogens (tertiary/aromatic N) is 2. The van der Waals surface area contributed by atoms with Crippen molar-refractivity contribution in [2.75, 3.05) is 27.2 Å². The van der Waals surface area contributed by atoms with Gasteiger partial charge in [0.15, 0.2) is 5.11 Å². The second kappa shape index (κ2) is 11.5. The molecule has 0 radical (unpaired) electrons. The SMILES string of the molecule is CN(C)CCCN(Cc1ccc(F)cc1)C(=S)NC1CCCCCCC1. The van der Waals surface area contributed by atoms with Crippen LogP contribution >= 0.6 is 12.2 Å². The van der Waals surface area contributed by atoms with Gasteiger partial charge in [0.05, 0.1) is 0 Å². The Labute approximate surface area is 163 Å². The molecule has 0 spiro atoms. The molecule has 26 heavy (non-hydrogen) atoms. The maximum absolute atomic E-state index is 13.2. The topological polar surface area (TPSA) is 18.5 Å². The van der Waals surface area contributed by atoms with Crippen LogP contribution in [-0.4, -0.2) is 48.1 Å². The van der Waals surface area contributed by atoms with Crippen LogP contribution in [0.3, 0.4) is 0 Å². The number of halogens is 1. The van der Waals surface area contributed by atoms with Crippen molar-refractivity contribution in [2.45, 2.75) is 64.0 Å². The van der Waals surface area contributed by atoms with Gasteiger partial charge in [-0.3, -0.25) is 0 Å². The molecule has 2 rings (SSSR count). The first kappa shape index (κ1) is 21.1. The van der Waals surface area contributed by atoms with Gasteiger partial charge in [-0.05, 0) is 69.8 Å². The predicted octanol–water partition coefficient (Wildman–Crippen LogP) is 4.57. The molecule has 0 amide bonds. The van der Waals surface area contributed by atoms with Crippen LogP contribution in [0.15, 0.2) is 24.3 Å². The Hall–Kier alpha value is -1.20. The number of hydrogen-bond acceptors (Lipinski definition) is 2. The summed E-state index contributed by atoms with van der Waals surface area (Å²) >= 11 is 5.77. The average molecular weight is 380 g/mol. The lowest BCUT2D eigenvalue weighted by atomic mass is 9.97. The Morgan fingerprint density at radius 1 is 1.04 bits per heavy atom. The van der Waals surface area contributed by atoms with Crippen LogP contribution in [0.5, 0.6) is 0 Å². The summed E-state index contributed by atoms with van der Waals surface area (Å²) in [4.78, 5) is 4.44. The van der Waals surface area contributed by atoms with E-state index in [9.17, 15) is 4.39 Å². The van der Waals surface area contributed by atoms with E-state index in [1.807, 2.05) is 12.1 Å². The maximum atomic E-state index is 13.2. The van der Waals surface area contributed by atoms with Crippen molar-refractivity contribution in [3.63, 3.8) is 0 Å². The van der Waals surface area contributed by atoms with E-state index in [2.05, 4.69) is 29.2 Å². The van der Waals surface area contributed by atoms with Gasteiger partial charge in [-0.2, -0.15) is 0 Å². The summed E-state index contributed by atoms with van der Waals surface area (Å²) in [5.74, 6) is -0.192. The van der Waals surface area contributed by atoms with Crippen molar-refractivity contribution in [3.05, 3.63) is 35.6 Å². The fourth-order valence-electron chi connectivity index (χ4n) is 3.51. The van der Waals surface area contributed by atoms with Crippen LogP contribution < -0.4 is 5.32 Å². The second-order valence-electron chi connectivity index (χ2n) is 7.70. The Morgan fingerprint density at radius 2 is 1.65 bits per heavy atom. The molecule has 0 saturated heterocycles. The van der Waals surface area contributed by atoms with Gasteiger partial charge in [-0.25, -0.2) is 4.39 Å². The van der Waals surface area contributed by atoms with E-state index in [0.29, 0.717) is 6.04 Å². The van der Waals surface area contributed by atoms with Gasteiger partial charge in [0.25, 0.3) is 0 Å². The fraction of sp³-hybridized carbons (Fsp3) is 0.667. The monoisotopic (exact) mass is 379 g/mol. The fourth-order valence-corrected chi connectivity index (χ4v) is 3.83. The van der Waals surface area contributed by atoms with E-state index in [-0.39, 0.29) is 5.82 Å². The van der Waals surface area contributed by atoms with E-state index in [4.69, 9.17) is 12.2 Å². The number of hydrogen-bond donors (Lipinski definition) is 1. The van der Waals surface area contributed by atoms with Crippen molar-refractivity contribution in [1.29, 1.82) is 0 Å². The number of rotatable bonds is 7. The van der Waals surface area contributed by atoms with Gasteiger partial charge < -0.3 is 15.1 Å². The molecular weight excluding hydrogens is 345 g/mol. The molecule has 1 aromatic rings. The number of nitrogens with one attached hydrogen (secondary N) is 1. The zero-order chi connectivity index (χ0) is 18.8. The van der Waals surface area contributed by atoms with Crippen LogP contribution in [0.25, 0.3) is 0 Å². The van der Waals surface area contributed by atoms with Gasteiger partial charge in [0, 0.05) is 19.1 Å². The molecule has 1 saturated carbocycles. The van der Waals surface area contributed by atoms with E-state index < -0.39 is 0 Å². The minimum Gasteiger partial charge on any atom is -0.360 e. The minimum atomic E-state index is -0.192. The molecule has 3 nitrogen and oxygen atoms in total. The predicted molar refractivity (Wildman–Crippen MR) is 112 cm³/mol. The van der Waals surface area contributed by atoms with E-state index in [1.54, 1.807) is 0 Å². The molecule has 146 valence electrons. The molecule has 0 aliphatic heterocycles. The molecule has 1 aliphatic rings. The molecule has 0 aromatic heterocycles. The summed E-state index contributed by atoms with van der Waals surface area (Å²) in [6, 6.07) is 7.25. The second-order valence-corrected chi connectivity index (χ2v) is 8.08. The molecule has 0 bridgehead atoms.